The molecule has 0 saturated heterocycles. The number of aromatic nitrogens is 2. The fourth-order valence-corrected chi connectivity index (χ4v) is 1.88. The maximum absolute atomic E-state index is 12.0. The van der Waals surface area contributed by atoms with Crippen LogP contribution in [0.5, 0.6) is 0 Å². The summed E-state index contributed by atoms with van der Waals surface area (Å²) in [5.41, 5.74) is 2.51. The lowest BCUT2D eigenvalue weighted by Crippen LogP contribution is -2.13. The minimum absolute atomic E-state index is 0.166. The van der Waals surface area contributed by atoms with Crippen molar-refractivity contribution in [1.82, 2.24) is 9.59 Å². The molecule has 0 aliphatic heterocycles. The molecule has 0 aliphatic rings. The Hall–Kier alpha value is -1.95. The fraction of sp³-hybridized carbons (Fsp3) is 0.182. The van der Waals surface area contributed by atoms with Gasteiger partial charge in [-0.15, -0.1) is 5.10 Å². The maximum Gasteiger partial charge on any atom is 0.258 e. The molecule has 0 atom stereocenters. The SMILES string of the molecule is CNc1cc(C)ccc1C(=O)Nc1cnns1. The second-order valence-corrected chi connectivity index (χ2v) is 4.32. The van der Waals surface area contributed by atoms with E-state index >= 15 is 0 Å². The first kappa shape index (κ1) is 11.5. The number of amides is 1. The van der Waals surface area contributed by atoms with Crippen LogP contribution in [-0.4, -0.2) is 22.5 Å². The molecule has 0 saturated carbocycles. The van der Waals surface area contributed by atoms with E-state index in [0.29, 0.717) is 10.6 Å². The summed E-state index contributed by atoms with van der Waals surface area (Å²) in [4.78, 5) is 12.0. The van der Waals surface area contributed by atoms with Crippen molar-refractivity contribution >= 4 is 28.1 Å². The minimum atomic E-state index is -0.166. The molecule has 0 aliphatic carbocycles. The molecule has 1 aromatic carbocycles. The van der Waals surface area contributed by atoms with E-state index in [0.717, 1.165) is 22.8 Å². The molecule has 2 aromatic rings. The molecule has 1 aromatic heterocycles. The summed E-state index contributed by atoms with van der Waals surface area (Å²) in [6.07, 6.45) is 1.52. The zero-order chi connectivity index (χ0) is 12.3. The topological polar surface area (TPSA) is 66.9 Å². The third-order valence-electron chi connectivity index (χ3n) is 2.29. The summed E-state index contributed by atoms with van der Waals surface area (Å²) in [6.45, 7) is 1.98. The molecule has 0 spiro atoms. The van der Waals surface area contributed by atoms with E-state index in [1.165, 1.54) is 6.20 Å². The maximum atomic E-state index is 12.0. The van der Waals surface area contributed by atoms with Crippen molar-refractivity contribution < 1.29 is 4.79 Å². The van der Waals surface area contributed by atoms with Gasteiger partial charge >= 0.3 is 0 Å². The second kappa shape index (κ2) is 4.92. The number of nitrogens with zero attached hydrogens (tertiary/aromatic N) is 2. The Labute approximate surface area is 103 Å². The van der Waals surface area contributed by atoms with Gasteiger partial charge in [0.05, 0.1) is 11.8 Å². The van der Waals surface area contributed by atoms with E-state index in [4.69, 9.17) is 0 Å². The van der Waals surface area contributed by atoms with Crippen LogP contribution in [0.25, 0.3) is 0 Å². The summed E-state index contributed by atoms with van der Waals surface area (Å²) < 4.78 is 3.69. The van der Waals surface area contributed by atoms with Crippen LogP contribution in [0, 0.1) is 6.92 Å². The first-order valence-corrected chi connectivity index (χ1v) is 5.85. The molecule has 0 fully saturated rings. The number of carbonyl (C=O) groups excluding carboxylic acids is 1. The van der Waals surface area contributed by atoms with Crippen LogP contribution in [0.3, 0.4) is 0 Å². The quantitative estimate of drug-likeness (QED) is 0.873. The molecule has 1 amide bonds. The van der Waals surface area contributed by atoms with Gasteiger partial charge in [-0.3, -0.25) is 4.79 Å². The van der Waals surface area contributed by atoms with E-state index in [1.54, 1.807) is 13.1 Å². The Bertz CT molecular complexity index is 524. The van der Waals surface area contributed by atoms with Gasteiger partial charge in [0.15, 0.2) is 0 Å². The van der Waals surface area contributed by atoms with Crippen molar-refractivity contribution in [3.63, 3.8) is 0 Å². The lowest BCUT2D eigenvalue weighted by molar-refractivity contribution is 0.102. The molecular weight excluding hydrogens is 236 g/mol. The van der Waals surface area contributed by atoms with Crippen LogP contribution >= 0.6 is 11.5 Å². The Morgan fingerprint density at radius 1 is 1.41 bits per heavy atom. The number of carbonyl (C=O) groups is 1. The van der Waals surface area contributed by atoms with E-state index in [-0.39, 0.29) is 5.91 Å². The first-order chi connectivity index (χ1) is 8.20. The minimum Gasteiger partial charge on any atom is -0.387 e. The van der Waals surface area contributed by atoms with Crippen molar-refractivity contribution in [2.75, 3.05) is 17.7 Å². The zero-order valence-corrected chi connectivity index (χ0v) is 10.3. The molecule has 88 valence electrons. The normalized spacial score (nSPS) is 10.0. The standard InChI is InChI=1S/C11H12N4OS/c1-7-3-4-8(9(5-7)12-2)11(16)14-10-6-13-15-17-10/h3-6,12H,1-2H3,(H,14,16). The highest BCUT2D eigenvalue weighted by Gasteiger charge is 2.11. The third-order valence-corrected chi connectivity index (χ3v) is 2.87. The van der Waals surface area contributed by atoms with Crippen LogP contribution in [0.1, 0.15) is 15.9 Å². The van der Waals surface area contributed by atoms with Crippen molar-refractivity contribution in [1.29, 1.82) is 0 Å². The largest absolute Gasteiger partial charge is 0.387 e. The average molecular weight is 248 g/mol. The molecule has 0 bridgehead atoms. The smallest absolute Gasteiger partial charge is 0.258 e. The summed E-state index contributed by atoms with van der Waals surface area (Å²) in [5.74, 6) is -0.166. The van der Waals surface area contributed by atoms with Crippen LogP contribution in [0.2, 0.25) is 0 Å². The van der Waals surface area contributed by atoms with Crippen molar-refractivity contribution in [2.24, 2.45) is 0 Å². The number of nitrogens with one attached hydrogen (secondary N) is 2. The predicted octanol–water partition coefficient (Wildman–Crippen LogP) is 2.14. The molecular formula is C11H12N4OS. The van der Waals surface area contributed by atoms with E-state index < -0.39 is 0 Å². The number of rotatable bonds is 3. The molecule has 6 heteroatoms. The number of aryl methyl sites for hydroxylation is 1. The predicted molar refractivity (Wildman–Crippen MR) is 68.6 cm³/mol. The van der Waals surface area contributed by atoms with Crippen molar-refractivity contribution in [2.45, 2.75) is 6.92 Å². The van der Waals surface area contributed by atoms with Gasteiger partial charge in [-0.05, 0) is 24.6 Å². The Morgan fingerprint density at radius 2 is 2.24 bits per heavy atom. The monoisotopic (exact) mass is 248 g/mol. The number of hydrogen-bond acceptors (Lipinski definition) is 5. The Balaban J connectivity index is 2.24. The van der Waals surface area contributed by atoms with Crippen LogP contribution < -0.4 is 10.6 Å². The van der Waals surface area contributed by atoms with Crippen molar-refractivity contribution in [3.05, 3.63) is 35.5 Å². The first-order valence-electron chi connectivity index (χ1n) is 5.08. The van der Waals surface area contributed by atoms with Gasteiger partial charge in [-0.1, -0.05) is 10.6 Å². The second-order valence-electron chi connectivity index (χ2n) is 3.53. The van der Waals surface area contributed by atoms with Crippen LogP contribution in [0.15, 0.2) is 24.4 Å². The van der Waals surface area contributed by atoms with Gasteiger partial charge in [0, 0.05) is 24.3 Å². The fourth-order valence-electron chi connectivity index (χ4n) is 1.46. The van der Waals surface area contributed by atoms with Crippen molar-refractivity contribution in [3.8, 4) is 0 Å². The van der Waals surface area contributed by atoms with Crippen LogP contribution in [0.4, 0.5) is 10.7 Å². The zero-order valence-electron chi connectivity index (χ0n) is 9.52. The lowest BCUT2D eigenvalue weighted by Gasteiger charge is -2.09. The molecule has 2 rings (SSSR count). The number of anilines is 2. The van der Waals surface area contributed by atoms with Gasteiger partial charge in [-0.2, -0.15) is 0 Å². The summed E-state index contributed by atoms with van der Waals surface area (Å²) in [5, 5.41) is 10.1. The molecule has 17 heavy (non-hydrogen) atoms. The van der Waals surface area contributed by atoms with Crippen LogP contribution in [-0.2, 0) is 0 Å². The Kier molecular flexibility index (Phi) is 3.34. The van der Waals surface area contributed by atoms with Gasteiger partial charge in [-0.25, -0.2) is 0 Å². The summed E-state index contributed by atoms with van der Waals surface area (Å²) >= 11 is 1.15. The molecule has 0 radical (unpaired) electrons. The molecule has 2 N–H and O–H groups in total. The highest BCUT2D eigenvalue weighted by atomic mass is 32.1. The number of hydrogen-bond donors (Lipinski definition) is 2. The van der Waals surface area contributed by atoms with Gasteiger partial charge in [0.1, 0.15) is 5.00 Å². The van der Waals surface area contributed by atoms with Gasteiger partial charge in [0.25, 0.3) is 5.91 Å². The number of benzene rings is 1. The van der Waals surface area contributed by atoms with E-state index in [1.807, 2.05) is 19.1 Å². The van der Waals surface area contributed by atoms with Gasteiger partial charge in [0.2, 0.25) is 0 Å². The van der Waals surface area contributed by atoms with Gasteiger partial charge < -0.3 is 10.6 Å². The third kappa shape index (κ3) is 2.59. The highest BCUT2D eigenvalue weighted by Crippen LogP contribution is 2.19. The molecule has 5 nitrogen and oxygen atoms in total. The molecule has 1 heterocycles. The average Bonchev–Trinajstić information content (AvgIpc) is 2.81. The van der Waals surface area contributed by atoms with E-state index in [9.17, 15) is 4.79 Å². The summed E-state index contributed by atoms with van der Waals surface area (Å²) in [7, 11) is 1.79. The molecule has 0 unspecified atom stereocenters. The highest BCUT2D eigenvalue weighted by molar-refractivity contribution is 7.10. The van der Waals surface area contributed by atoms with E-state index in [2.05, 4.69) is 20.2 Å². The lowest BCUT2D eigenvalue weighted by atomic mass is 10.1. The Morgan fingerprint density at radius 3 is 2.88 bits per heavy atom. The summed E-state index contributed by atoms with van der Waals surface area (Å²) in [6, 6.07) is 5.63.